The van der Waals surface area contributed by atoms with Gasteiger partial charge in [0.25, 0.3) is 0 Å². The zero-order valence-corrected chi connectivity index (χ0v) is 19.9. The molecule has 36 heavy (non-hydrogen) atoms. The molecule has 0 bridgehead atoms. The Morgan fingerprint density at radius 1 is 0.972 bits per heavy atom. The molecule has 1 aliphatic carbocycles. The Morgan fingerprint density at radius 3 is 2.19 bits per heavy atom. The van der Waals surface area contributed by atoms with E-state index in [-0.39, 0.29) is 29.9 Å². The van der Waals surface area contributed by atoms with Crippen molar-refractivity contribution in [1.29, 1.82) is 0 Å². The van der Waals surface area contributed by atoms with Gasteiger partial charge >= 0.3 is 12.1 Å². The molecule has 1 heterocycles. The first-order chi connectivity index (χ1) is 16.9. The van der Waals surface area contributed by atoms with Gasteiger partial charge in [-0.25, -0.2) is 12.8 Å². The summed E-state index contributed by atoms with van der Waals surface area (Å²) >= 11 is 0. The number of carbonyl (C=O) groups excluding carboxylic acids is 1. The molecule has 2 fully saturated rings. The van der Waals surface area contributed by atoms with E-state index in [9.17, 15) is 40.7 Å². The molecule has 1 aliphatic heterocycles. The summed E-state index contributed by atoms with van der Waals surface area (Å²) in [6.45, 7) is 0. The average Bonchev–Trinajstić information content (AvgIpc) is 3.18. The minimum absolute atomic E-state index is 0.0796. The molecule has 1 saturated heterocycles. The molecule has 0 aromatic heterocycles. The number of alkyl halides is 3. The SMILES string of the molecule is O=C(O)[C@@H]1[C@@H](c2ccc([C@H]3CCS(=O)(=O)C3)cc2)CCC[C@H]1C(=O)Nc1ccc(C(F)(F)F)cc1F. The number of rotatable bonds is 5. The Balaban J connectivity index is 1.52. The molecule has 0 radical (unpaired) electrons. The lowest BCUT2D eigenvalue weighted by Gasteiger charge is -2.35. The highest BCUT2D eigenvalue weighted by Crippen LogP contribution is 2.43. The zero-order valence-electron chi connectivity index (χ0n) is 19.1. The summed E-state index contributed by atoms with van der Waals surface area (Å²) in [6.07, 6.45) is -2.93. The molecule has 2 aliphatic rings. The molecule has 1 saturated carbocycles. The maximum Gasteiger partial charge on any atom is 0.416 e. The number of benzene rings is 2. The smallest absolute Gasteiger partial charge is 0.416 e. The monoisotopic (exact) mass is 527 g/mol. The van der Waals surface area contributed by atoms with Gasteiger partial charge < -0.3 is 10.4 Å². The summed E-state index contributed by atoms with van der Waals surface area (Å²) in [7, 11) is -3.05. The topological polar surface area (TPSA) is 101 Å². The Labute approximate surface area is 205 Å². The maximum absolute atomic E-state index is 14.3. The number of amides is 1. The van der Waals surface area contributed by atoms with Crippen molar-refractivity contribution in [2.24, 2.45) is 11.8 Å². The molecule has 11 heteroatoms. The fourth-order valence-electron chi connectivity index (χ4n) is 5.30. The van der Waals surface area contributed by atoms with Crippen LogP contribution in [0.15, 0.2) is 42.5 Å². The van der Waals surface area contributed by atoms with Crippen LogP contribution in [-0.4, -0.2) is 36.9 Å². The Kier molecular flexibility index (Phi) is 7.14. The number of halogens is 4. The van der Waals surface area contributed by atoms with Crippen molar-refractivity contribution in [3.63, 3.8) is 0 Å². The van der Waals surface area contributed by atoms with Gasteiger partial charge in [-0.15, -0.1) is 0 Å². The molecule has 4 rings (SSSR count). The van der Waals surface area contributed by atoms with Crippen molar-refractivity contribution in [1.82, 2.24) is 0 Å². The molecule has 0 unspecified atom stereocenters. The molecular weight excluding hydrogens is 502 g/mol. The van der Waals surface area contributed by atoms with Gasteiger partial charge in [0.15, 0.2) is 9.84 Å². The van der Waals surface area contributed by atoms with Crippen LogP contribution < -0.4 is 5.32 Å². The predicted octanol–water partition coefficient (Wildman–Crippen LogP) is 4.97. The third-order valence-electron chi connectivity index (χ3n) is 7.14. The summed E-state index contributed by atoms with van der Waals surface area (Å²) in [5.74, 6) is -5.75. The van der Waals surface area contributed by atoms with E-state index in [0.29, 0.717) is 30.9 Å². The minimum Gasteiger partial charge on any atom is -0.481 e. The van der Waals surface area contributed by atoms with Crippen LogP contribution >= 0.6 is 0 Å². The van der Waals surface area contributed by atoms with E-state index in [0.717, 1.165) is 11.6 Å². The van der Waals surface area contributed by atoms with Gasteiger partial charge in [0, 0.05) is 0 Å². The fraction of sp³-hybridized carbons (Fsp3) is 0.440. The lowest BCUT2D eigenvalue weighted by molar-refractivity contribution is -0.148. The summed E-state index contributed by atoms with van der Waals surface area (Å²) < 4.78 is 76.2. The number of carboxylic acids is 1. The average molecular weight is 528 g/mol. The van der Waals surface area contributed by atoms with Crippen molar-refractivity contribution in [3.05, 3.63) is 65.0 Å². The predicted molar refractivity (Wildman–Crippen MR) is 124 cm³/mol. The van der Waals surface area contributed by atoms with Gasteiger partial charge in [-0.3, -0.25) is 9.59 Å². The van der Waals surface area contributed by atoms with Gasteiger partial charge in [-0.2, -0.15) is 13.2 Å². The lowest BCUT2D eigenvalue weighted by atomic mass is 9.69. The number of nitrogens with one attached hydrogen (secondary N) is 1. The molecule has 2 aromatic carbocycles. The van der Waals surface area contributed by atoms with Crippen LogP contribution in [0.5, 0.6) is 0 Å². The first-order valence-electron chi connectivity index (χ1n) is 11.6. The van der Waals surface area contributed by atoms with Crippen molar-refractivity contribution in [2.75, 3.05) is 16.8 Å². The van der Waals surface area contributed by atoms with E-state index in [1.54, 1.807) is 24.3 Å². The van der Waals surface area contributed by atoms with Crippen LogP contribution in [0.4, 0.5) is 23.2 Å². The van der Waals surface area contributed by atoms with Crippen LogP contribution in [-0.2, 0) is 25.6 Å². The van der Waals surface area contributed by atoms with Crippen molar-refractivity contribution < 1.29 is 40.7 Å². The van der Waals surface area contributed by atoms with Gasteiger partial charge in [-0.1, -0.05) is 30.7 Å². The summed E-state index contributed by atoms with van der Waals surface area (Å²) in [5, 5.41) is 12.2. The minimum atomic E-state index is -4.74. The van der Waals surface area contributed by atoms with E-state index in [1.807, 2.05) is 0 Å². The summed E-state index contributed by atoms with van der Waals surface area (Å²) in [6, 6.07) is 8.85. The molecule has 194 valence electrons. The van der Waals surface area contributed by atoms with Crippen molar-refractivity contribution in [2.45, 2.75) is 43.7 Å². The second-order valence-electron chi connectivity index (χ2n) is 9.46. The molecular formula is C25H25F4NO5S. The van der Waals surface area contributed by atoms with Gasteiger partial charge in [-0.05, 0) is 60.4 Å². The molecule has 4 atom stereocenters. The number of sulfone groups is 1. The molecule has 0 spiro atoms. The van der Waals surface area contributed by atoms with Crippen LogP contribution in [0.1, 0.15) is 54.2 Å². The molecule has 6 nitrogen and oxygen atoms in total. The second-order valence-corrected chi connectivity index (χ2v) is 11.7. The van der Waals surface area contributed by atoms with Gasteiger partial charge in [0.2, 0.25) is 5.91 Å². The molecule has 2 aromatic rings. The van der Waals surface area contributed by atoms with Crippen molar-refractivity contribution in [3.8, 4) is 0 Å². The van der Waals surface area contributed by atoms with E-state index >= 15 is 0 Å². The lowest BCUT2D eigenvalue weighted by Crippen LogP contribution is -2.40. The first-order valence-corrected chi connectivity index (χ1v) is 13.4. The summed E-state index contributed by atoms with van der Waals surface area (Å²) in [4.78, 5) is 25.2. The molecule has 2 N–H and O–H groups in total. The van der Waals surface area contributed by atoms with Crippen LogP contribution in [0.25, 0.3) is 0 Å². The number of hydrogen-bond donors (Lipinski definition) is 2. The largest absolute Gasteiger partial charge is 0.481 e. The number of aliphatic carboxylic acids is 1. The van der Waals surface area contributed by atoms with Gasteiger partial charge in [0.05, 0.1) is 34.6 Å². The van der Waals surface area contributed by atoms with Crippen molar-refractivity contribution >= 4 is 27.4 Å². The summed E-state index contributed by atoms with van der Waals surface area (Å²) in [5.41, 5.74) is -0.0901. The Hall–Kier alpha value is -2.95. The van der Waals surface area contributed by atoms with Crippen LogP contribution in [0, 0.1) is 17.7 Å². The van der Waals surface area contributed by atoms with E-state index in [4.69, 9.17) is 0 Å². The molecule has 1 amide bonds. The highest BCUT2D eigenvalue weighted by molar-refractivity contribution is 7.91. The third kappa shape index (κ3) is 5.55. The number of carbonyl (C=O) groups is 2. The fourth-order valence-corrected chi connectivity index (χ4v) is 7.08. The normalized spacial score (nSPS) is 25.9. The number of anilines is 1. The second kappa shape index (κ2) is 9.84. The van der Waals surface area contributed by atoms with Gasteiger partial charge in [0.1, 0.15) is 5.82 Å². The quantitative estimate of drug-likeness (QED) is 0.535. The maximum atomic E-state index is 14.3. The Bertz CT molecular complexity index is 1260. The van der Waals surface area contributed by atoms with Crippen LogP contribution in [0.2, 0.25) is 0 Å². The highest BCUT2D eigenvalue weighted by Gasteiger charge is 2.43. The van der Waals surface area contributed by atoms with E-state index in [2.05, 4.69) is 5.32 Å². The zero-order chi connectivity index (χ0) is 26.3. The van der Waals surface area contributed by atoms with Crippen LogP contribution in [0.3, 0.4) is 0 Å². The van der Waals surface area contributed by atoms with E-state index < -0.39 is 62.7 Å². The standard InChI is InChI=1S/C25H25F4NO5S/c26-20-12-17(25(27,28)29)8-9-21(20)30-23(31)19-3-1-2-18(22(19)24(32)33)15-6-4-14(5-7-15)16-10-11-36(34,35)13-16/h4-9,12,16,18-19,22H,1-3,10-11,13H2,(H,30,31)(H,32,33)/t16-,18+,19+,22+/m0/s1. The van der Waals surface area contributed by atoms with E-state index in [1.165, 1.54) is 0 Å². The third-order valence-corrected chi connectivity index (χ3v) is 8.91. The number of hydrogen-bond acceptors (Lipinski definition) is 4. The highest BCUT2D eigenvalue weighted by atomic mass is 32.2. The Morgan fingerprint density at radius 2 is 1.64 bits per heavy atom. The first kappa shape index (κ1) is 26.1. The number of carboxylic acid groups (broad SMARTS) is 1.